The molecule has 29 heavy (non-hydrogen) atoms. The molecule has 2 aromatic carbocycles. The van der Waals surface area contributed by atoms with E-state index < -0.39 is 0 Å². The number of hydrogen-bond acceptors (Lipinski definition) is 6. The van der Waals surface area contributed by atoms with Crippen LogP contribution in [-0.2, 0) is 11.2 Å². The summed E-state index contributed by atoms with van der Waals surface area (Å²) in [6.45, 7) is 0. The molecule has 0 aliphatic rings. The summed E-state index contributed by atoms with van der Waals surface area (Å²) in [5.74, 6) is 1.97. The molecule has 1 N–H and O–H groups in total. The van der Waals surface area contributed by atoms with E-state index in [2.05, 4.69) is 26.2 Å². The molecule has 0 radical (unpaired) electrons. The van der Waals surface area contributed by atoms with Crippen LogP contribution in [0.1, 0.15) is 12.0 Å². The summed E-state index contributed by atoms with van der Waals surface area (Å²) < 4.78 is 16.7. The molecular weight excluding hydrogens is 456 g/mol. The molecule has 3 rings (SSSR count). The van der Waals surface area contributed by atoms with Crippen LogP contribution in [0.5, 0.6) is 17.2 Å². The van der Waals surface area contributed by atoms with Gasteiger partial charge in [0.1, 0.15) is 5.75 Å². The third-order valence-electron chi connectivity index (χ3n) is 4.31. The lowest BCUT2D eigenvalue weighted by molar-refractivity contribution is -0.116. The van der Waals surface area contributed by atoms with Crippen molar-refractivity contribution in [1.29, 1.82) is 0 Å². The maximum atomic E-state index is 12.4. The van der Waals surface area contributed by atoms with Crippen molar-refractivity contribution in [2.45, 2.75) is 12.8 Å². The number of aryl methyl sites for hydroxylation is 1. The molecule has 152 valence electrons. The average Bonchev–Trinajstić information content (AvgIpc) is 3.21. The van der Waals surface area contributed by atoms with Crippen molar-refractivity contribution in [3.8, 4) is 28.5 Å². The minimum atomic E-state index is -0.0951. The molecule has 0 saturated heterocycles. The number of carbonyl (C=O) groups excluding carboxylic acids is 1. The monoisotopic (exact) mass is 476 g/mol. The lowest BCUT2D eigenvalue weighted by Crippen LogP contribution is -2.12. The Balaban J connectivity index is 1.61. The fraction of sp³-hybridized carbons (Fsp3) is 0.238. The fourth-order valence-electron chi connectivity index (χ4n) is 2.74. The molecule has 3 aromatic rings. The Morgan fingerprint density at radius 2 is 1.76 bits per heavy atom. The van der Waals surface area contributed by atoms with Crippen molar-refractivity contribution in [2.24, 2.45) is 0 Å². The molecule has 8 heteroatoms. The van der Waals surface area contributed by atoms with Crippen molar-refractivity contribution < 1.29 is 19.0 Å². The van der Waals surface area contributed by atoms with Crippen molar-refractivity contribution in [2.75, 3.05) is 26.6 Å². The Labute approximate surface area is 182 Å². The van der Waals surface area contributed by atoms with Crippen LogP contribution >= 0.6 is 27.3 Å². The largest absolute Gasteiger partial charge is 0.497 e. The number of aromatic nitrogens is 1. The van der Waals surface area contributed by atoms with Crippen LogP contribution in [0, 0.1) is 0 Å². The first kappa shape index (κ1) is 21.1. The van der Waals surface area contributed by atoms with Gasteiger partial charge in [0.2, 0.25) is 5.91 Å². The van der Waals surface area contributed by atoms with Gasteiger partial charge in [-0.2, -0.15) is 0 Å². The molecule has 0 unspecified atom stereocenters. The Kier molecular flexibility index (Phi) is 7.11. The van der Waals surface area contributed by atoms with Crippen LogP contribution in [0.15, 0.2) is 46.3 Å². The van der Waals surface area contributed by atoms with Gasteiger partial charge in [-0.25, -0.2) is 4.98 Å². The molecule has 0 atom stereocenters. The number of ether oxygens (including phenoxy) is 3. The van der Waals surface area contributed by atoms with E-state index in [1.165, 1.54) is 11.3 Å². The summed E-state index contributed by atoms with van der Waals surface area (Å²) in [4.78, 5) is 16.9. The predicted octanol–water partition coefficient (Wildman–Crippen LogP) is 5.17. The van der Waals surface area contributed by atoms with Gasteiger partial charge < -0.3 is 19.5 Å². The topological polar surface area (TPSA) is 69.7 Å². The maximum absolute atomic E-state index is 12.4. The summed E-state index contributed by atoms with van der Waals surface area (Å²) in [5, 5.41) is 5.36. The highest BCUT2D eigenvalue weighted by molar-refractivity contribution is 9.10. The second-order valence-corrected chi connectivity index (χ2v) is 7.83. The number of nitrogens with zero attached hydrogens (tertiary/aromatic N) is 1. The third kappa shape index (κ3) is 5.27. The van der Waals surface area contributed by atoms with Crippen molar-refractivity contribution in [3.63, 3.8) is 0 Å². The predicted molar refractivity (Wildman–Crippen MR) is 118 cm³/mol. The zero-order valence-corrected chi connectivity index (χ0v) is 18.7. The summed E-state index contributed by atoms with van der Waals surface area (Å²) in [6.07, 6.45) is 0.884. The zero-order chi connectivity index (χ0) is 20.8. The highest BCUT2D eigenvalue weighted by Crippen LogP contribution is 2.34. The SMILES string of the molecule is COc1ccc(-c2csc(NC(=O)CCc3cc(OC)c(OC)cc3Br)n2)cc1. The summed E-state index contributed by atoms with van der Waals surface area (Å²) in [5.41, 5.74) is 2.75. The number of thiazole rings is 1. The summed E-state index contributed by atoms with van der Waals surface area (Å²) in [6, 6.07) is 11.4. The second kappa shape index (κ2) is 9.76. The molecule has 0 aliphatic carbocycles. The maximum Gasteiger partial charge on any atom is 0.226 e. The molecule has 6 nitrogen and oxygen atoms in total. The molecule has 1 aromatic heterocycles. The minimum Gasteiger partial charge on any atom is -0.497 e. The van der Waals surface area contributed by atoms with Crippen molar-refractivity contribution >= 4 is 38.3 Å². The molecule has 0 saturated carbocycles. The Bertz CT molecular complexity index is 989. The van der Waals surface area contributed by atoms with Crippen LogP contribution in [0.2, 0.25) is 0 Å². The van der Waals surface area contributed by atoms with Crippen LogP contribution < -0.4 is 19.5 Å². The van der Waals surface area contributed by atoms with Gasteiger partial charge in [-0.05, 0) is 48.4 Å². The van der Waals surface area contributed by atoms with Gasteiger partial charge in [-0.3, -0.25) is 4.79 Å². The van der Waals surface area contributed by atoms with Crippen molar-refractivity contribution in [3.05, 3.63) is 51.8 Å². The van der Waals surface area contributed by atoms with E-state index in [0.29, 0.717) is 29.5 Å². The van der Waals surface area contributed by atoms with Gasteiger partial charge in [0, 0.05) is 21.8 Å². The van der Waals surface area contributed by atoms with Crippen LogP contribution in [0.25, 0.3) is 11.3 Å². The molecule has 0 spiro atoms. The number of methoxy groups -OCH3 is 3. The summed E-state index contributed by atoms with van der Waals surface area (Å²) in [7, 11) is 4.81. The van der Waals surface area contributed by atoms with E-state index in [9.17, 15) is 4.79 Å². The Morgan fingerprint density at radius 1 is 1.07 bits per heavy atom. The van der Waals surface area contributed by atoms with Crippen molar-refractivity contribution in [1.82, 2.24) is 4.98 Å². The molecule has 1 amide bonds. The molecule has 0 bridgehead atoms. The number of amides is 1. The quantitative estimate of drug-likeness (QED) is 0.485. The first-order valence-corrected chi connectivity index (χ1v) is 10.5. The molecule has 1 heterocycles. The van der Waals surface area contributed by atoms with E-state index in [4.69, 9.17) is 14.2 Å². The lowest BCUT2D eigenvalue weighted by Gasteiger charge is -2.11. The van der Waals surface area contributed by atoms with Gasteiger partial charge in [0.25, 0.3) is 0 Å². The first-order valence-electron chi connectivity index (χ1n) is 8.84. The number of hydrogen-bond donors (Lipinski definition) is 1. The highest BCUT2D eigenvalue weighted by atomic mass is 79.9. The fourth-order valence-corrected chi connectivity index (χ4v) is 4.00. The molecular formula is C21H21BrN2O4S. The third-order valence-corrected chi connectivity index (χ3v) is 5.81. The van der Waals surface area contributed by atoms with Gasteiger partial charge in [0.15, 0.2) is 16.6 Å². The number of carbonyl (C=O) groups is 1. The standard InChI is InChI=1S/C21H21BrN2O4S/c1-26-15-7-4-13(5-8-15)17-12-29-21(23-17)24-20(25)9-6-14-10-18(27-2)19(28-3)11-16(14)22/h4-5,7-8,10-12H,6,9H2,1-3H3,(H,23,24,25). The van der Waals surface area contributed by atoms with Gasteiger partial charge in [0.05, 0.1) is 27.0 Å². The number of anilines is 1. The molecule has 0 fully saturated rings. The van der Waals surface area contributed by atoms with Crippen LogP contribution in [-0.4, -0.2) is 32.2 Å². The lowest BCUT2D eigenvalue weighted by atomic mass is 10.1. The van der Waals surface area contributed by atoms with Gasteiger partial charge in [-0.15, -0.1) is 11.3 Å². The average molecular weight is 477 g/mol. The number of nitrogens with one attached hydrogen (secondary N) is 1. The second-order valence-electron chi connectivity index (χ2n) is 6.11. The highest BCUT2D eigenvalue weighted by Gasteiger charge is 2.13. The van der Waals surface area contributed by atoms with Gasteiger partial charge in [-0.1, -0.05) is 15.9 Å². The first-order chi connectivity index (χ1) is 14.0. The van der Waals surface area contributed by atoms with E-state index in [1.807, 2.05) is 41.8 Å². The molecule has 0 aliphatic heterocycles. The Hall–Kier alpha value is -2.58. The number of benzene rings is 2. The van der Waals surface area contributed by atoms with E-state index in [1.54, 1.807) is 21.3 Å². The van der Waals surface area contributed by atoms with Gasteiger partial charge >= 0.3 is 0 Å². The zero-order valence-electron chi connectivity index (χ0n) is 16.3. The van der Waals surface area contributed by atoms with Crippen LogP contribution in [0.3, 0.4) is 0 Å². The minimum absolute atomic E-state index is 0.0951. The number of halogens is 1. The Morgan fingerprint density at radius 3 is 2.41 bits per heavy atom. The van der Waals surface area contributed by atoms with E-state index in [0.717, 1.165) is 27.0 Å². The smallest absolute Gasteiger partial charge is 0.226 e. The normalized spacial score (nSPS) is 10.5. The van der Waals surface area contributed by atoms with E-state index >= 15 is 0 Å². The van der Waals surface area contributed by atoms with E-state index in [-0.39, 0.29) is 5.91 Å². The van der Waals surface area contributed by atoms with Crippen LogP contribution in [0.4, 0.5) is 5.13 Å². The number of rotatable bonds is 8. The summed E-state index contributed by atoms with van der Waals surface area (Å²) >= 11 is 4.92.